The van der Waals surface area contributed by atoms with Crippen molar-refractivity contribution < 1.29 is 22.7 Å². The molecule has 26 heavy (non-hydrogen) atoms. The van der Waals surface area contributed by atoms with Crippen molar-refractivity contribution in [2.24, 2.45) is 0 Å². The van der Waals surface area contributed by atoms with E-state index < -0.39 is 22.0 Å². The number of nitrogens with one attached hydrogen (secondary N) is 1. The highest BCUT2D eigenvalue weighted by molar-refractivity contribution is 7.89. The monoisotopic (exact) mass is 377 g/mol. The summed E-state index contributed by atoms with van der Waals surface area (Å²) in [7, 11) is -0.989. The Bertz CT molecular complexity index is 875. The summed E-state index contributed by atoms with van der Waals surface area (Å²) in [5, 5.41) is 0. The van der Waals surface area contributed by atoms with Gasteiger partial charge in [-0.2, -0.15) is 0 Å². The van der Waals surface area contributed by atoms with Crippen molar-refractivity contribution in [3.63, 3.8) is 0 Å². The van der Waals surface area contributed by atoms with E-state index in [0.717, 1.165) is 5.56 Å². The first kappa shape index (κ1) is 19.9. The summed E-state index contributed by atoms with van der Waals surface area (Å²) in [4.78, 5) is 11.8. The summed E-state index contributed by atoms with van der Waals surface area (Å²) >= 11 is 0. The number of sulfonamides is 1. The van der Waals surface area contributed by atoms with E-state index in [4.69, 9.17) is 4.74 Å². The Kier molecular flexibility index (Phi) is 6.39. The average molecular weight is 377 g/mol. The Balaban J connectivity index is 2.35. The minimum atomic E-state index is -3.82. The van der Waals surface area contributed by atoms with Crippen molar-refractivity contribution in [2.45, 2.75) is 31.2 Å². The fourth-order valence-electron chi connectivity index (χ4n) is 2.61. The molecule has 0 saturated heterocycles. The lowest BCUT2D eigenvalue weighted by atomic mass is 10.1. The lowest BCUT2D eigenvalue weighted by Gasteiger charge is -2.19. The van der Waals surface area contributed by atoms with Crippen LogP contribution >= 0.6 is 0 Å². The van der Waals surface area contributed by atoms with E-state index in [0.29, 0.717) is 17.7 Å². The van der Waals surface area contributed by atoms with Crippen molar-refractivity contribution in [3.05, 3.63) is 59.2 Å². The zero-order valence-electron chi connectivity index (χ0n) is 15.3. The van der Waals surface area contributed by atoms with Crippen LogP contribution in [0.3, 0.4) is 0 Å². The van der Waals surface area contributed by atoms with Crippen molar-refractivity contribution in [1.82, 2.24) is 4.72 Å². The molecule has 0 bridgehead atoms. The zero-order chi connectivity index (χ0) is 19.3. The summed E-state index contributed by atoms with van der Waals surface area (Å²) in [5.41, 5.74) is 1.57. The smallest absolute Gasteiger partial charge is 0.337 e. The molecule has 0 heterocycles. The molecule has 0 aliphatic carbocycles. The molecule has 1 unspecified atom stereocenters. The fraction of sp³-hybridized carbons (Fsp3) is 0.316. The average Bonchev–Trinajstić information content (AvgIpc) is 2.65. The van der Waals surface area contributed by atoms with Crippen LogP contribution in [0.25, 0.3) is 0 Å². The van der Waals surface area contributed by atoms with Crippen LogP contribution in [0.5, 0.6) is 5.75 Å². The van der Waals surface area contributed by atoms with Gasteiger partial charge in [0.05, 0.1) is 24.7 Å². The third kappa shape index (κ3) is 4.42. The molecule has 0 aliphatic heterocycles. The highest BCUT2D eigenvalue weighted by Gasteiger charge is 2.23. The lowest BCUT2D eigenvalue weighted by Crippen LogP contribution is -2.29. The first-order valence-electron chi connectivity index (χ1n) is 8.17. The normalized spacial score (nSPS) is 12.5. The SMILES string of the molecule is CCC(NS(=O)(=O)c1cc(C(=O)OC)ccc1C)c1ccc(OC)cc1. The van der Waals surface area contributed by atoms with Gasteiger partial charge in [0, 0.05) is 6.04 Å². The van der Waals surface area contributed by atoms with Gasteiger partial charge in [-0.05, 0) is 48.7 Å². The van der Waals surface area contributed by atoms with Crippen molar-refractivity contribution in [2.75, 3.05) is 14.2 Å². The number of ether oxygens (including phenoxy) is 2. The van der Waals surface area contributed by atoms with Gasteiger partial charge in [-0.3, -0.25) is 0 Å². The van der Waals surface area contributed by atoms with Crippen molar-refractivity contribution in [1.29, 1.82) is 0 Å². The number of methoxy groups -OCH3 is 2. The molecule has 0 saturated carbocycles. The number of esters is 1. The van der Waals surface area contributed by atoms with Crippen molar-refractivity contribution >= 4 is 16.0 Å². The maximum absolute atomic E-state index is 12.9. The predicted octanol–water partition coefficient (Wildman–Crippen LogP) is 3.22. The summed E-state index contributed by atoms with van der Waals surface area (Å²) in [6.45, 7) is 3.58. The van der Waals surface area contributed by atoms with E-state index in [9.17, 15) is 13.2 Å². The van der Waals surface area contributed by atoms with Gasteiger partial charge < -0.3 is 9.47 Å². The number of aryl methyl sites for hydroxylation is 1. The third-order valence-corrected chi connectivity index (χ3v) is 5.74. The Morgan fingerprint density at radius 1 is 1.12 bits per heavy atom. The van der Waals surface area contributed by atoms with Crippen LogP contribution in [-0.2, 0) is 14.8 Å². The fourth-order valence-corrected chi connectivity index (χ4v) is 4.19. The second kappa shape index (κ2) is 8.33. The molecule has 1 atom stereocenters. The van der Waals surface area contributed by atoms with Crippen LogP contribution in [0.2, 0.25) is 0 Å². The Morgan fingerprint density at radius 2 is 1.77 bits per heavy atom. The molecule has 2 aromatic rings. The minimum Gasteiger partial charge on any atom is -0.497 e. The van der Waals surface area contributed by atoms with E-state index in [1.165, 1.54) is 13.2 Å². The molecule has 1 N–H and O–H groups in total. The molecule has 6 nitrogen and oxygen atoms in total. The summed E-state index contributed by atoms with van der Waals surface area (Å²) in [5.74, 6) is 0.122. The number of rotatable bonds is 7. The van der Waals surface area contributed by atoms with Crippen LogP contribution in [0, 0.1) is 6.92 Å². The largest absolute Gasteiger partial charge is 0.497 e. The Labute approximate surface area is 154 Å². The molecule has 0 aliphatic rings. The topological polar surface area (TPSA) is 81.7 Å². The van der Waals surface area contributed by atoms with Crippen LogP contribution in [0.1, 0.15) is 40.9 Å². The van der Waals surface area contributed by atoms with Crippen molar-refractivity contribution in [3.8, 4) is 5.75 Å². The first-order chi connectivity index (χ1) is 12.3. The van der Waals surface area contributed by atoms with Gasteiger partial charge in [0.25, 0.3) is 0 Å². The number of carbonyl (C=O) groups excluding carboxylic acids is 1. The molecular weight excluding hydrogens is 354 g/mol. The van der Waals surface area contributed by atoms with Crippen LogP contribution in [0.15, 0.2) is 47.4 Å². The summed E-state index contributed by atoms with van der Waals surface area (Å²) < 4.78 is 38.3. The van der Waals surface area contributed by atoms with Gasteiger partial charge in [-0.1, -0.05) is 25.1 Å². The molecule has 0 amide bonds. The molecule has 0 fully saturated rings. The summed E-state index contributed by atoms with van der Waals surface area (Å²) in [6.07, 6.45) is 0.571. The number of carbonyl (C=O) groups is 1. The Morgan fingerprint density at radius 3 is 2.31 bits per heavy atom. The van der Waals surface area contributed by atoms with Gasteiger partial charge in [0.2, 0.25) is 10.0 Å². The van der Waals surface area contributed by atoms with E-state index in [2.05, 4.69) is 9.46 Å². The summed E-state index contributed by atoms with van der Waals surface area (Å²) in [6, 6.07) is 11.3. The highest BCUT2D eigenvalue weighted by Crippen LogP contribution is 2.24. The lowest BCUT2D eigenvalue weighted by molar-refractivity contribution is 0.0600. The van der Waals surface area contributed by atoms with Gasteiger partial charge in [-0.25, -0.2) is 17.9 Å². The third-order valence-electron chi connectivity index (χ3n) is 4.12. The van der Waals surface area contributed by atoms with Gasteiger partial charge in [-0.15, -0.1) is 0 Å². The molecule has 2 rings (SSSR count). The number of benzene rings is 2. The molecule has 140 valence electrons. The van der Waals surface area contributed by atoms with E-state index in [1.54, 1.807) is 38.3 Å². The quantitative estimate of drug-likeness (QED) is 0.749. The maximum Gasteiger partial charge on any atom is 0.337 e. The first-order valence-corrected chi connectivity index (χ1v) is 9.66. The minimum absolute atomic E-state index is 0.0624. The van der Waals surface area contributed by atoms with Gasteiger partial charge in [0.1, 0.15) is 5.75 Å². The van der Waals surface area contributed by atoms with Crippen LogP contribution in [-0.4, -0.2) is 28.6 Å². The molecule has 0 spiro atoms. The molecule has 7 heteroatoms. The second-order valence-electron chi connectivity index (χ2n) is 5.83. The van der Waals surface area contributed by atoms with E-state index in [-0.39, 0.29) is 10.5 Å². The highest BCUT2D eigenvalue weighted by atomic mass is 32.2. The molecule has 0 aromatic heterocycles. The van der Waals surface area contributed by atoms with E-state index in [1.807, 2.05) is 19.1 Å². The van der Waals surface area contributed by atoms with Gasteiger partial charge >= 0.3 is 5.97 Å². The standard InChI is InChI=1S/C19H23NO5S/c1-5-17(14-8-10-16(24-3)11-9-14)20-26(22,23)18-12-15(19(21)25-4)7-6-13(18)2/h6-12,17,20H,5H2,1-4H3. The predicted molar refractivity (Wildman–Crippen MR) is 98.9 cm³/mol. The molecule has 0 radical (unpaired) electrons. The Hall–Kier alpha value is -2.38. The molecular formula is C19H23NO5S. The van der Waals surface area contributed by atoms with Crippen LogP contribution < -0.4 is 9.46 Å². The maximum atomic E-state index is 12.9. The number of hydrogen-bond donors (Lipinski definition) is 1. The number of hydrogen-bond acceptors (Lipinski definition) is 5. The molecule has 2 aromatic carbocycles. The second-order valence-corrected chi connectivity index (χ2v) is 7.51. The van der Waals surface area contributed by atoms with Gasteiger partial charge in [0.15, 0.2) is 0 Å². The van der Waals surface area contributed by atoms with Crippen LogP contribution in [0.4, 0.5) is 0 Å². The van der Waals surface area contributed by atoms with E-state index >= 15 is 0 Å². The zero-order valence-corrected chi connectivity index (χ0v) is 16.1.